The number of hydrogen-bond acceptors (Lipinski definition) is 10. The molecular weight excluding hydrogens is 546 g/mol. The Morgan fingerprint density at radius 1 is 0.725 bits per heavy atom. The molecule has 4 rings (SSSR count). The van der Waals surface area contributed by atoms with Crippen molar-refractivity contribution in [3.05, 3.63) is 73.7 Å². The van der Waals surface area contributed by atoms with Gasteiger partial charge >= 0.3 is 0 Å². The Labute approximate surface area is 242 Å². The van der Waals surface area contributed by atoms with E-state index in [4.69, 9.17) is 9.47 Å². The van der Waals surface area contributed by atoms with Crippen molar-refractivity contribution in [2.24, 2.45) is 0 Å². The molecule has 1 amide bonds. The van der Waals surface area contributed by atoms with Crippen LogP contribution in [0, 0.1) is 27.7 Å². The molecule has 0 saturated heterocycles. The number of nitrogens with zero attached hydrogens (tertiary/aromatic N) is 4. The van der Waals surface area contributed by atoms with E-state index in [0.29, 0.717) is 15.9 Å². The monoisotopic (exact) mass is 579 g/mol. The molecule has 1 N–H and O–H groups in total. The number of hydrogen-bond donors (Lipinski definition) is 1. The van der Waals surface area contributed by atoms with Crippen LogP contribution in [0.3, 0.4) is 0 Å². The van der Waals surface area contributed by atoms with E-state index in [1.807, 2.05) is 64.1 Å². The number of benzene rings is 2. The minimum absolute atomic E-state index is 0.0168. The summed E-state index contributed by atoms with van der Waals surface area (Å²) in [5.74, 6) is 1.13. The molecule has 0 aliphatic heterocycles. The number of ether oxygens (including phenoxy) is 2. The van der Waals surface area contributed by atoms with Gasteiger partial charge in [-0.25, -0.2) is 0 Å². The van der Waals surface area contributed by atoms with Gasteiger partial charge in [0, 0.05) is 12.8 Å². The highest BCUT2D eigenvalue weighted by atomic mass is 32.1. The second-order valence-electron chi connectivity index (χ2n) is 9.68. The standard InChI is InChI=1S/C29H33N5O4S2/c1-18-9-11-20(3)23(13-18)37-16-22(35)15-28-33-31-26(39-28)7-5-6-8-27-32-34-29(40-27)30-25(36)17-38-24-14-19(2)10-12-21(24)4/h9-14H,5-8,15-17H2,1-4H3,(H,30,34,36). The van der Waals surface area contributed by atoms with Gasteiger partial charge in [-0.2, -0.15) is 0 Å². The van der Waals surface area contributed by atoms with Crippen molar-refractivity contribution in [3.63, 3.8) is 0 Å². The van der Waals surface area contributed by atoms with Gasteiger partial charge in [-0.15, -0.1) is 31.7 Å². The van der Waals surface area contributed by atoms with Gasteiger partial charge in [-0.1, -0.05) is 35.6 Å². The zero-order valence-electron chi connectivity index (χ0n) is 23.2. The van der Waals surface area contributed by atoms with Crippen molar-refractivity contribution in [1.82, 2.24) is 20.4 Å². The second-order valence-corrected chi connectivity index (χ2v) is 11.9. The van der Waals surface area contributed by atoms with E-state index >= 15 is 0 Å². The minimum atomic E-state index is -0.272. The number of Topliss-reactive ketones (excluding diaryl/α,β-unsaturated/α-hetero) is 1. The third-order valence-corrected chi connectivity index (χ3v) is 7.92. The molecule has 0 spiro atoms. The molecule has 0 fully saturated rings. The molecule has 2 aromatic heterocycles. The Kier molecular flexibility index (Phi) is 10.3. The summed E-state index contributed by atoms with van der Waals surface area (Å²) < 4.78 is 11.4. The number of unbranched alkanes of at least 4 members (excludes halogenated alkanes) is 1. The normalized spacial score (nSPS) is 10.9. The van der Waals surface area contributed by atoms with Gasteiger partial charge in [0.1, 0.15) is 33.1 Å². The third-order valence-electron chi connectivity index (χ3n) is 6.04. The number of rotatable bonds is 14. The molecule has 2 heterocycles. The van der Waals surface area contributed by atoms with Crippen molar-refractivity contribution in [3.8, 4) is 11.5 Å². The zero-order valence-corrected chi connectivity index (χ0v) is 24.8. The lowest BCUT2D eigenvalue weighted by atomic mass is 10.1. The number of nitrogens with one attached hydrogen (secondary N) is 1. The summed E-state index contributed by atoms with van der Waals surface area (Å²) >= 11 is 2.83. The van der Waals surface area contributed by atoms with E-state index in [1.165, 1.54) is 22.7 Å². The molecule has 210 valence electrons. The first kappa shape index (κ1) is 29.3. The number of ketones is 1. The van der Waals surface area contributed by atoms with E-state index in [-0.39, 0.29) is 31.3 Å². The molecule has 0 unspecified atom stereocenters. The fourth-order valence-corrected chi connectivity index (χ4v) is 5.53. The van der Waals surface area contributed by atoms with E-state index < -0.39 is 0 Å². The van der Waals surface area contributed by atoms with Crippen molar-refractivity contribution in [2.75, 3.05) is 18.5 Å². The number of anilines is 1. The predicted octanol–water partition coefficient (Wildman–Crippen LogP) is 5.40. The van der Waals surface area contributed by atoms with Gasteiger partial charge in [0.05, 0.1) is 6.42 Å². The molecular formula is C29H33N5O4S2. The van der Waals surface area contributed by atoms with Gasteiger partial charge < -0.3 is 9.47 Å². The summed E-state index contributed by atoms with van der Waals surface area (Å²) in [6.45, 7) is 7.81. The second kappa shape index (κ2) is 14.1. The Balaban J connectivity index is 1.13. The molecule has 0 saturated carbocycles. The molecule has 2 aromatic carbocycles. The molecule has 0 atom stereocenters. The maximum Gasteiger partial charge on any atom is 0.264 e. The topological polar surface area (TPSA) is 116 Å². The number of carbonyl (C=O) groups is 2. The van der Waals surface area contributed by atoms with Gasteiger partial charge in [0.2, 0.25) is 5.13 Å². The first-order chi connectivity index (χ1) is 19.2. The molecule has 0 bridgehead atoms. The van der Waals surface area contributed by atoms with Crippen LogP contribution in [0.5, 0.6) is 11.5 Å². The quantitative estimate of drug-likeness (QED) is 0.198. The predicted molar refractivity (Wildman–Crippen MR) is 157 cm³/mol. The Hall–Kier alpha value is -3.70. The summed E-state index contributed by atoms with van der Waals surface area (Å²) in [6.07, 6.45) is 3.56. The molecule has 9 nitrogen and oxygen atoms in total. The van der Waals surface area contributed by atoms with E-state index in [0.717, 1.165) is 63.7 Å². The van der Waals surface area contributed by atoms with E-state index in [1.54, 1.807) is 0 Å². The smallest absolute Gasteiger partial charge is 0.264 e. The first-order valence-corrected chi connectivity index (χ1v) is 14.7. The number of carbonyl (C=O) groups excluding carboxylic acids is 2. The van der Waals surface area contributed by atoms with Crippen LogP contribution in [0.2, 0.25) is 0 Å². The fourth-order valence-electron chi connectivity index (χ4n) is 3.82. The minimum Gasteiger partial charge on any atom is -0.486 e. The Morgan fingerprint density at radius 2 is 1.27 bits per heavy atom. The zero-order chi connectivity index (χ0) is 28.5. The van der Waals surface area contributed by atoms with Crippen LogP contribution in [0.4, 0.5) is 5.13 Å². The molecule has 0 aliphatic carbocycles. The highest BCUT2D eigenvalue weighted by Gasteiger charge is 2.13. The molecule has 40 heavy (non-hydrogen) atoms. The lowest BCUT2D eigenvalue weighted by molar-refractivity contribution is -0.120. The van der Waals surface area contributed by atoms with Crippen LogP contribution in [-0.4, -0.2) is 45.3 Å². The summed E-state index contributed by atoms with van der Waals surface area (Å²) in [7, 11) is 0. The number of aromatic nitrogens is 4. The SMILES string of the molecule is Cc1ccc(C)c(OCC(=O)Cc2nnc(CCCCc3nnc(NC(=O)COc4cc(C)ccc4C)s3)s2)c1. The van der Waals surface area contributed by atoms with Crippen molar-refractivity contribution < 1.29 is 19.1 Å². The van der Waals surface area contributed by atoms with E-state index in [2.05, 4.69) is 25.7 Å². The van der Waals surface area contributed by atoms with Crippen LogP contribution in [0.1, 0.15) is 50.1 Å². The van der Waals surface area contributed by atoms with Crippen LogP contribution in [-0.2, 0) is 28.9 Å². The molecule has 4 aromatic rings. The summed E-state index contributed by atoms with van der Waals surface area (Å²) in [5.41, 5.74) is 4.15. The van der Waals surface area contributed by atoms with Gasteiger partial charge in [0.25, 0.3) is 5.91 Å². The average Bonchev–Trinajstić information content (AvgIpc) is 3.56. The molecule has 0 radical (unpaired) electrons. The lowest BCUT2D eigenvalue weighted by Crippen LogP contribution is -2.20. The van der Waals surface area contributed by atoms with Gasteiger partial charge in [-0.3, -0.25) is 14.9 Å². The average molecular weight is 580 g/mol. The Bertz CT molecular complexity index is 1360. The van der Waals surface area contributed by atoms with Gasteiger partial charge in [0.15, 0.2) is 12.4 Å². The summed E-state index contributed by atoms with van der Waals surface area (Å²) in [5, 5.41) is 22.4. The highest BCUT2D eigenvalue weighted by molar-refractivity contribution is 7.15. The Morgan fingerprint density at radius 3 is 1.93 bits per heavy atom. The molecule has 0 aliphatic rings. The summed E-state index contributed by atoms with van der Waals surface area (Å²) in [4.78, 5) is 24.6. The van der Waals surface area contributed by atoms with Crippen LogP contribution < -0.4 is 14.8 Å². The van der Waals surface area contributed by atoms with Gasteiger partial charge in [-0.05, 0) is 74.9 Å². The maximum absolute atomic E-state index is 12.4. The third kappa shape index (κ3) is 8.92. The lowest BCUT2D eigenvalue weighted by Gasteiger charge is -2.09. The van der Waals surface area contributed by atoms with Crippen molar-refractivity contribution in [2.45, 2.75) is 59.8 Å². The van der Waals surface area contributed by atoms with Crippen LogP contribution >= 0.6 is 22.7 Å². The number of amides is 1. The first-order valence-electron chi connectivity index (χ1n) is 13.1. The van der Waals surface area contributed by atoms with Crippen molar-refractivity contribution in [1.29, 1.82) is 0 Å². The molecule has 11 heteroatoms. The maximum atomic E-state index is 12.4. The highest BCUT2D eigenvalue weighted by Crippen LogP contribution is 2.22. The number of aryl methyl sites for hydroxylation is 6. The fraction of sp³-hybridized carbons (Fsp3) is 0.379. The van der Waals surface area contributed by atoms with Crippen LogP contribution in [0.25, 0.3) is 0 Å². The van der Waals surface area contributed by atoms with Crippen LogP contribution in [0.15, 0.2) is 36.4 Å². The van der Waals surface area contributed by atoms with Crippen molar-refractivity contribution >= 4 is 39.5 Å². The largest absolute Gasteiger partial charge is 0.486 e. The summed E-state index contributed by atoms with van der Waals surface area (Å²) in [6, 6.07) is 11.8. The van der Waals surface area contributed by atoms with E-state index in [9.17, 15) is 9.59 Å².